The smallest absolute Gasteiger partial charge is 0.299 e. The van der Waals surface area contributed by atoms with Gasteiger partial charge in [-0.15, -0.1) is 0 Å². The average Bonchev–Trinajstić information content (AvgIpc) is 2.66. The molecule has 4 nitrogen and oxygen atoms in total. The molecule has 3 rings (SSSR count). The molecule has 0 radical (unpaired) electrons. The third-order valence-electron chi connectivity index (χ3n) is 4.22. The van der Waals surface area contributed by atoms with Crippen molar-refractivity contribution in [1.29, 1.82) is 0 Å². The Morgan fingerprint density at radius 3 is 2.73 bits per heavy atom. The van der Waals surface area contributed by atoms with Crippen LogP contribution in [0.5, 0.6) is 0 Å². The molecule has 1 amide bonds. The molecule has 0 aromatic heterocycles. The van der Waals surface area contributed by atoms with E-state index >= 15 is 0 Å². The van der Waals surface area contributed by atoms with Gasteiger partial charge in [0, 0.05) is 45.9 Å². The molecular formula is C20H18FNO3S. The Morgan fingerprint density at radius 1 is 1.27 bits per heavy atom. The van der Waals surface area contributed by atoms with Crippen molar-refractivity contribution in [2.24, 2.45) is 0 Å². The van der Waals surface area contributed by atoms with Gasteiger partial charge >= 0.3 is 0 Å². The molecule has 1 aliphatic heterocycles. The fourth-order valence-electron chi connectivity index (χ4n) is 2.83. The fraction of sp³-hybridized carbons (Fsp3) is 0.250. The lowest BCUT2D eigenvalue weighted by Crippen LogP contribution is -2.51. The van der Waals surface area contributed by atoms with Crippen LogP contribution in [0.4, 0.5) is 4.39 Å². The molecular weight excluding hydrogens is 353 g/mol. The zero-order valence-corrected chi connectivity index (χ0v) is 14.8. The van der Waals surface area contributed by atoms with Crippen LogP contribution in [-0.2, 0) is 15.6 Å². The van der Waals surface area contributed by atoms with Crippen molar-refractivity contribution in [2.75, 3.05) is 24.7 Å². The monoisotopic (exact) mass is 371 g/mol. The largest absolute Gasteiger partial charge is 0.394 e. The number of aliphatic hydroxyl groups is 1. The first-order chi connectivity index (χ1) is 12.6. The molecule has 1 heterocycles. The lowest BCUT2D eigenvalue weighted by Gasteiger charge is -2.32. The number of nitrogens with zero attached hydrogens (tertiary/aromatic N) is 1. The predicted molar refractivity (Wildman–Crippen MR) is 99.2 cm³/mol. The molecule has 6 heteroatoms. The lowest BCUT2D eigenvalue weighted by atomic mass is 10.0. The van der Waals surface area contributed by atoms with Gasteiger partial charge in [0.2, 0.25) is 0 Å². The Balaban J connectivity index is 1.76. The summed E-state index contributed by atoms with van der Waals surface area (Å²) >= 11 is 0. The molecule has 1 aliphatic rings. The zero-order chi connectivity index (χ0) is 18.5. The quantitative estimate of drug-likeness (QED) is 0.819. The van der Waals surface area contributed by atoms with Crippen LogP contribution in [0.3, 0.4) is 0 Å². The minimum absolute atomic E-state index is 0.250. The van der Waals surface area contributed by atoms with Crippen molar-refractivity contribution < 1.29 is 18.5 Å². The van der Waals surface area contributed by atoms with E-state index in [4.69, 9.17) is 0 Å². The van der Waals surface area contributed by atoms with E-state index in [0.717, 1.165) is 5.56 Å². The number of carbonyl (C=O) groups excluding carboxylic acids is 1. The highest BCUT2D eigenvalue weighted by Gasteiger charge is 2.28. The van der Waals surface area contributed by atoms with Crippen LogP contribution < -0.4 is 0 Å². The summed E-state index contributed by atoms with van der Waals surface area (Å²) in [6.45, 7) is 0.0478. The highest BCUT2D eigenvalue weighted by molar-refractivity contribution is 7.85. The van der Waals surface area contributed by atoms with Gasteiger partial charge in [-0.25, -0.2) is 4.39 Å². The van der Waals surface area contributed by atoms with Crippen molar-refractivity contribution in [3.8, 4) is 23.0 Å². The number of benzene rings is 2. The molecule has 0 bridgehead atoms. The third-order valence-corrected chi connectivity index (χ3v) is 5.61. The normalized spacial score (nSPS) is 19.5. The number of rotatable bonds is 2. The zero-order valence-electron chi connectivity index (χ0n) is 14.0. The van der Waals surface area contributed by atoms with E-state index in [9.17, 15) is 18.5 Å². The Bertz CT molecular complexity index is 889. The first-order valence-electron chi connectivity index (χ1n) is 8.22. The lowest BCUT2D eigenvalue weighted by molar-refractivity contribution is -0.127. The van der Waals surface area contributed by atoms with Crippen LogP contribution in [0.25, 0.3) is 11.1 Å². The molecule has 134 valence electrons. The number of halogens is 1. The minimum Gasteiger partial charge on any atom is -0.394 e. The summed E-state index contributed by atoms with van der Waals surface area (Å²) in [5, 5.41) is 9.36. The van der Waals surface area contributed by atoms with E-state index in [-0.39, 0.29) is 12.4 Å². The van der Waals surface area contributed by atoms with E-state index in [0.29, 0.717) is 23.4 Å². The van der Waals surface area contributed by atoms with Gasteiger partial charge in [-0.1, -0.05) is 42.3 Å². The number of aliphatic hydroxyl groups excluding tert-OH is 1. The highest BCUT2D eigenvalue weighted by atomic mass is 32.2. The fourth-order valence-corrected chi connectivity index (χ4v) is 4.11. The number of carbonyl (C=O) groups is 1. The van der Waals surface area contributed by atoms with Crippen LogP contribution in [0.1, 0.15) is 5.56 Å². The maximum atomic E-state index is 14.3. The van der Waals surface area contributed by atoms with Crippen LogP contribution in [-0.4, -0.2) is 50.8 Å². The van der Waals surface area contributed by atoms with Crippen LogP contribution in [0.15, 0.2) is 48.5 Å². The van der Waals surface area contributed by atoms with Gasteiger partial charge in [0.05, 0.1) is 12.6 Å². The Kier molecular flexibility index (Phi) is 5.82. The first-order valence-corrected chi connectivity index (χ1v) is 9.70. The van der Waals surface area contributed by atoms with Crippen molar-refractivity contribution in [2.45, 2.75) is 6.04 Å². The molecule has 1 N–H and O–H groups in total. The van der Waals surface area contributed by atoms with Gasteiger partial charge in [-0.05, 0) is 17.7 Å². The summed E-state index contributed by atoms with van der Waals surface area (Å²) < 4.78 is 25.9. The SMILES string of the molecule is O=C(C#Cc1ccc(-c2ccccc2)c(F)c1)N1CCS(=O)CC1CO. The number of hydrogen-bond donors (Lipinski definition) is 1. The van der Waals surface area contributed by atoms with Crippen LogP contribution >= 0.6 is 0 Å². The van der Waals surface area contributed by atoms with Gasteiger partial charge < -0.3 is 10.0 Å². The van der Waals surface area contributed by atoms with Crippen molar-refractivity contribution >= 4 is 16.7 Å². The number of amides is 1. The third kappa shape index (κ3) is 4.18. The van der Waals surface area contributed by atoms with Gasteiger partial charge in [0.25, 0.3) is 5.91 Å². The van der Waals surface area contributed by atoms with Crippen molar-refractivity contribution in [3.05, 3.63) is 59.9 Å². The second-order valence-electron chi connectivity index (χ2n) is 5.96. The molecule has 2 aromatic rings. The van der Waals surface area contributed by atoms with Gasteiger partial charge in [-0.2, -0.15) is 0 Å². The molecule has 26 heavy (non-hydrogen) atoms. The molecule has 0 saturated carbocycles. The summed E-state index contributed by atoms with van der Waals surface area (Å²) in [7, 11) is -1.02. The summed E-state index contributed by atoms with van der Waals surface area (Å²) in [5.74, 6) is 4.95. The minimum atomic E-state index is -1.02. The first kappa shape index (κ1) is 18.3. The standard InChI is InChI=1S/C20H18FNO3S/c21-19-12-15(6-8-18(19)16-4-2-1-3-5-16)7-9-20(24)22-10-11-26(25)14-17(22)13-23/h1-6,8,12,17,23H,10-11,13-14H2. The van der Waals surface area contributed by atoms with Crippen molar-refractivity contribution in [1.82, 2.24) is 4.90 Å². The summed E-state index contributed by atoms with van der Waals surface area (Å²) in [6.07, 6.45) is 0. The average molecular weight is 371 g/mol. The molecule has 2 aromatic carbocycles. The Morgan fingerprint density at radius 2 is 2.04 bits per heavy atom. The Labute approximate surface area is 154 Å². The van der Waals surface area contributed by atoms with Crippen LogP contribution in [0.2, 0.25) is 0 Å². The van der Waals surface area contributed by atoms with Gasteiger partial charge in [0.1, 0.15) is 5.82 Å². The van der Waals surface area contributed by atoms with Gasteiger partial charge in [0.15, 0.2) is 0 Å². The maximum Gasteiger partial charge on any atom is 0.299 e. The Hall–Kier alpha value is -2.49. The summed E-state index contributed by atoms with van der Waals surface area (Å²) in [6, 6.07) is 13.3. The second kappa shape index (κ2) is 8.26. The molecule has 0 spiro atoms. The molecule has 2 atom stereocenters. The van der Waals surface area contributed by atoms with E-state index in [2.05, 4.69) is 11.8 Å². The van der Waals surface area contributed by atoms with E-state index in [1.54, 1.807) is 12.1 Å². The summed E-state index contributed by atoms with van der Waals surface area (Å²) in [5.41, 5.74) is 1.64. The molecule has 2 unspecified atom stereocenters. The van der Waals surface area contributed by atoms with Crippen molar-refractivity contribution in [3.63, 3.8) is 0 Å². The van der Waals surface area contributed by atoms with Crippen LogP contribution in [0, 0.1) is 17.7 Å². The van der Waals surface area contributed by atoms with E-state index in [1.807, 2.05) is 30.3 Å². The van der Waals surface area contributed by atoms with E-state index < -0.39 is 28.6 Å². The maximum absolute atomic E-state index is 14.3. The van der Waals surface area contributed by atoms with E-state index in [1.165, 1.54) is 11.0 Å². The number of hydrogen-bond acceptors (Lipinski definition) is 3. The highest BCUT2D eigenvalue weighted by Crippen LogP contribution is 2.23. The second-order valence-corrected chi connectivity index (χ2v) is 7.58. The predicted octanol–water partition coefficient (Wildman–Crippen LogP) is 1.80. The summed E-state index contributed by atoms with van der Waals surface area (Å²) in [4.78, 5) is 13.7. The molecule has 1 fully saturated rings. The molecule has 0 aliphatic carbocycles. The van der Waals surface area contributed by atoms with Gasteiger partial charge in [-0.3, -0.25) is 9.00 Å². The molecule has 1 saturated heterocycles. The topological polar surface area (TPSA) is 57.6 Å².